The molecule has 2 heterocycles. The lowest BCUT2D eigenvalue weighted by atomic mass is 10.1. The Bertz CT molecular complexity index is 601. The summed E-state index contributed by atoms with van der Waals surface area (Å²) < 4.78 is 0. The third-order valence-electron chi connectivity index (χ3n) is 3.73. The SMILES string of the molecule is CC1CN(C)CCN1c1nnc(Cl)c2ccccc12. The van der Waals surface area contributed by atoms with Crippen LogP contribution < -0.4 is 4.90 Å². The minimum absolute atomic E-state index is 0.428. The van der Waals surface area contributed by atoms with Gasteiger partial charge < -0.3 is 9.80 Å². The molecule has 4 nitrogen and oxygen atoms in total. The molecule has 2 aromatic rings. The highest BCUT2D eigenvalue weighted by Gasteiger charge is 2.24. The summed E-state index contributed by atoms with van der Waals surface area (Å²) >= 11 is 6.13. The fourth-order valence-corrected chi connectivity index (χ4v) is 2.93. The molecule has 0 amide bonds. The number of benzene rings is 1. The van der Waals surface area contributed by atoms with Crippen LogP contribution in [0.2, 0.25) is 5.15 Å². The van der Waals surface area contributed by atoms with Gasteiger partial charge in [-0.1, -0.05) is 35.9 Å². The first-order chi connectivity index (χ1) is 9.16. The Balaban J connectivity index is 2.08. The summed E-state index contributed by atoms with van der Waals surface area (Å²) in [4.78, 5) is 4.67. The van der Waals surface area contributed by atoms with Crippen LogP contribution in [0, 0.1) is 0 Å². The molecule has 1 aromatic carbocycles. The summed E-state index contributed by atoms with van der Waals surface area (Å²) in [7, 11) is 2.15. The Morgan fingerprint density at radius 1 is 1.16 bits per heavy atom. The number of anilines is 1. The lowest BCUT2D eigenvalue weighted by Gasteiger charge is -2.39. The van der Waals surface area contributed by atoms with Crippen molar-refractivity contribution in [2.75, 3.05) is 31.6 Å². The van der Waals surface area contributed by atoms with Crippen molar-refractivity contribution >= 4 is 28.2 Å². The number of fused-ring (bicyclic) bond motifs is 1. The van der Waals surface area contributed by atoms with Crippen molar-refractivity contribution in [2.24, 2.45) is 0 Å². The molecule has 100 valence electrons. The van der Waals surface area contributed by atoms with Gasteiger partial charge in [-0.05, 0) is 14.0 Å². The number of piperazine rings is 1. The van der Waals surface area contributed by atoms with Crippen molar-refractivity contribution in [3.05, 3.63) is 29.4 Å². The zero-order valence-electron chi connectivity index (χ0n) is 11.2. The minimum Gasteiger partial charge on any atom is -0.349 e. The summed E-state index contributed by atoms with van der Waals surface area (Å²) in [6.07, 6.45) is 0. The molecule has 1 fully saturated rings. The highest BCUT2D eigenvalue weighted by Crippen LogP contribution is 2.29. The monoisotopic (exact) mass is 276 g/mol. The third kappa shape index (κ3) is 2.26. The highest BCUT2D eigenvalue weighted by atomic mass is 35.5. The van der Waals surface area contributed by atoms with Crippen molar-refractivity contribution in [1.82, 2.24) is 15.1 Å². The molecular formula is C14H17ClN4. The van der Waals surface area contributed by atoms with E-state index >= 15 is 0 Å². The summed E-state index contributed by atoms with van der Waals surface area (Å²) in [5.74, 6) is 0.945. The van der Waals surface area contributed by atoms with Crippen molar-refractivity contribution in [3.8, 4) is 0 Å². The Kier molecular flexibility index (Phi) is 3.29. The molecular weight excluding hydrogens is 260 g/mol. The summed E-state index contributed by atoms with van der Waals surface area (Å²) in [5, 5.41) is 11.0. The number of likely N-dealkylation sites (N-methyl/N-ethyl adjacent to an activating group) is 1. The molecule has 0 radical (unpaired) electrons. The first kappa shape index (κ1) is 12.6. The van der Waals surface area contributed by atoms with Crippen LogP contribution in [0.1, 0.15) is 6.92 Å². The van der Waals surface area contributed by atoms with Gasteiger partial charge in [0.1, 0.15) is 0 Å². The zero-order valence-corrected chi connectivity index (χ0v) is 11.9. The van der Waals surface area contributed by atoms with E-state index in [1.165, 1.54) is 0 Å². The largest absolute Gasteiger partial charge is 0.349 e. The van der Waals surface area contributed by atoms with E-state index in [-0.39, 0.29) is 0 Å². The van der Waals surface area contributed by atoms with Crippen molar-refractivity contribution in [1.29, 1.82) is 0 Å². The topological polar surface area (TPSA) is 32.3 Å². The quantitative estimate of drug-likeness (QED) is 0.801. The van der Waals surface area contributed by atoms with Crippen LogP contribution in [0.3, 0.4) is 0 Å². The molecule has 1 saturated heterocycles. The molecule has 1 aromatic heterocycles. The van der Waals surface area contributed by atoms with E-state index in [2.05, 4.69) is 40.0 Å². The standard InChI is InChI=1S/C14H17ClN4/c1-10-9-18(2)7-8-19(10)14-12-6-4-3-5-11(12)13(15)16-17-14/h3-6,10H,7-9H2,1-2H3. The smallest absolute Gasteiger partial charge is 0.159 e. The Morgan fingerprint density at radius 2 is 1.89 bits per heavy atom. The van der Waals surface area contributed by atoms with Crippen molar-refractivity contribution in [2.45, 2.75) is 13.0 Å². The number of nitrogens with zero attached hydrogens (tertiary/aromatic N) is 4. The average Bonchev–Trinajstić information content (AvgIpc) is 2.41. The Hall–Kier alpha value is -1.39. The van der Waals surface area contributed by atoms with Crippen molar-refractivity contribution in [3.63, 3.8) is 0 Å². The molecule has 0 N–H and O–H groups in total. The van der Waals surface area contributed by atoms with Crippen LogP contribution in [0.5, 0.6) is 0 Å². The number of hydrogen-bond donors (Lipinski definition) is 0. The van der Waals surface area contributed by atoms with Gasteiger partial charge in [0.15, 0.2) is 11.0 Å². The van der Waals surface area contributed by atoms with E-state index in [0.29, 0.717) is 11.2 Å². The molecule has 3 rings (SSSR count). The number of hydrogen-bond acceptors (Lipinski definition) is 4. The van der Waals surface area contributed by atoms with Crippen LogP contribution in [0.4, 0.5) is 5.82 Å². The maximum Gasteiger partial charge on any atom is 0.159 e. The lowest BCUT2D eigenvalue weighted by Crippen LogP contribution is -2.51. The maximum atomic E-state index is 6.13. The van der Waals surface area contributed by atoms with Gasteiger partial charge in [0, 0.05) is 36.4 Å². The first-order valence-electron chi connectivity index (χ1n) is 6.53. The molecule has 5 heteroatoms. The molecule has 1 aliphatic heterocycles. The molecule has 0 aliphatic carbocycles. The van der Waals surface area contributed by atoms with Crippen LogP contribution in [-0.4, -0.2) is 47.8 Å². The minimum atomic E-state index is 0.428. The number of aromatic nitrogens is 2. The molecule has 0 bridgehead atoms. The van der Waals surface area contributed by atoms with E-state index in [0.717, 1.165) is 36.2 Å². The first-order valence-corrected chi connectivity index (χ1v) is 6.90. The number of halogens is 1. The van der Waals surface area contributed by atoms with Gasteiger partial charge in [0.05, 0.1) is 0 Å². The van der Waals surface area contributed by atoms with Gasteiger partial charge in [-0.3, -0.25) is 0 Å². The van der Waals surface area contributed by atoms with Gasteiger partial charge >= 0.3 is 0 Å². The second-order valence-electron chi connectivity index (χ2n) is 5.16. The second kappa shape index (κ2) is 4.94. The van der Waals surface area contributed by atoms with Crippen LogP contribution in [0.15, 0.2) is 24.3 Å². The molecule has 0 spiro atoms. The lowest BCUT2D eigenvalue weighted by molar-refractivity contribution is 0.275. The normalized spacial score (nSPS) is 21.0. The molecule has 0 saturated carbocycles. The van der Waals surface area contributed by atoms with E-state index in [9.17, 15) is 0 Å². The fraction of sp³-hybridized carbons (Fsp3) is 0.429. The second-order valence-corrected chi connectivity index (χ2v) is 5.52. The molecule has 1 unspecified atom stereocenters. The zero-order chi connectivity index (χ0) is 13.4. The van der Waals surface area contributed by atoms with Gasteiger partial charge in [0.2, 0.25) is 0 Å². The molecule has 19 heavy (non-hydrogen) atoms. The van der Waals surface area contributed by atoms with E-state index in [1.54, 1.807) is 0 Å². The van der Waals surface area contributed by atoms with Gasteiger partial charge in [-0.15, -0.1) is 10.2 Å². The number of rotatable bonds is 1. The van der Waals surface area contributed by atoms with Gasteiger partial charge in [-0.2, -0.15) is 0 Å². The average molecular weight is 277 g/mol. The predicted octanol–water partition coefficient (Wildman–Crippen LogP) is 2.42. The highest BCUT2D eigenvalue weighted by molar-refractivity contribution is 6.34. The van der Waals surface area contributed by atoms with Crippen molar-refractivity contribution < 1.29 is 0 Å². The maximum absolute atomic E-state index is 6.13. The summed E-state index contributed by atoms with van der Waals surface area (Å²) in [6.45, 7) is 5.28. The summed E-state index contributed by atoms with van der Waals surface area (Å²) in [5.41, 5.74) is 0. The van der Waals surface area contributed by atoms with E-state index in [1.807, 2.05) is 18.2 Å². The molecule has 1 aliphatic rings. The fourth-order valence-electron chi connectivity index (χ4n) is 2.72. The van der Waals surface area contributed by atoms with E-state index in [4.69, 9.17) is 11.6 Å². The van der Waals surface area contributed by atoms with E-state index < -0.39 is 0 Å². The van der Waals surface area contributed by atoms with Gasteiger partial charge in [0.25, 0.3) is 0 Å². The Morgan fingerprint density at radius 3 is 2.63 bits per heavy atom. The predicted molar refractivity (Wildman–Crippen MR) is 78.9 cm³/mol. The summed E-state index contributed by atoms with van der Waals surface area (Å²) in [6, 6.07) is 8.49. The Labute approximate surface area is 118 Å². The van der Waals surface area contributed by atoms with Crippen LogP contribution in [0.25, 0.3) is 10.8 Å². The van der Waals surface area contributed by atoms with Crippen LogP contribution in [-0.2, 0) is 0 Å². The molecule has 1 atom stereocenters. The van der Waals surface area contributed by atoms with Gasteiger partial charge in [-0.25, -0.2) is 0 Å². The van der Waals surface area contributed by atoms with Crippen LogP contribution >= 0.6 is 11.6 Å². The third-order valence-corrected chi connectivity index (χ3v) is 4.00.